The first-order valence-electron chi connectivity index (χ1n) is 8.25. The number of hydrogen-bond acceptors (Lipinski definition) is 2. The zero-order chi connectivity index (χ0) is 16.0. The molecular formula is C19H21BrNO2+. The number of pyridine rings is 1. The van der Waals surface area contributed by atoms with Crippen molar-refractivity contribution >= 4 is 15.9 Å². The third kappa shape index (κ3) is 1.98. The molecule has 0 N–H and O–H groups in total. The van der Waals surface area contributed by atoms with Crippen molar-refractivity contribution in [3.8, 4) is 0 Å². The number of hydrogen-bond donors (Lipinski definition) is 0. The van der Waals surface area contributed by atoms with Gasteiger partial charge in [0.2, 0.25) is 11.8 Å². The molecule has 1 aliphatic carbocycles. The van der Waals surface area contributed by atoms with E-state index in [0.717, 1.165) is 0 Å². The Morgan fingerprint density at radius 2 is 1.65 bits per heavy atom. The van der Waals surface area contributed by atoms with Crippen LogP contribution in [0.1, 0.15) is 42.6 Å². The van der Waals surface area contributed by atoms with Crippen molar-refractivity contribution in [2.75, 3.05) is 13.2 Å². The molecular weight excluding hydrogens is 354 g/mol. The number of ether oxygens (including phenoxy) is 2. The lowest BCUT2D eigenvalue weighted by atomic mass is 9.70. The van der Waals surface area contributed by atoms with E-state index >= 15 is 0 Å². The molecule has 3 unspecified atom stereocenters. The van der Waals surface area contributed by atoms with E-state index in [0.29, 0.717) is 13.2 Å². The summed E-state index contributed by atoms with van der Waals surface area (Å²) in [6, 6.07) is 15.2. The third-order valence-corrected chi connectivity index (χ3v) is 6.09. The predicted molar refractivity (Wildman–Crippen MR) is 91.8 cm³/mol. The van der Waals surface area contributed by atoms with Gasteiger partial charge in [-0.3, -0.25) is 0 Å². The average molecular weight is 375 g/mol. The predicted octanol–water partition coefficient (Wildman–Crippen LogP) is 3.56. The quantitative estimate of drug-likeness (QED) is 0.463. The van der Waals surface area contributed by atoms with Gasteiger partial charge in [-0.2, -0.15) is 4.57 Å². The maximum atomic E-state index is 6.29. The fourth-order valence-corrected chi connectivity index (χ4v) is 5.31. The minimum atomic E-state index is -0.663. The average Bonchev–Trinajstić information content (AvgIpc) is 2.58. The second kappa shape index (κ2) is 5.69. The maximum absolute atomic E-state index is 6.29. The molecule has 0 saturated carbocycles. The van der Waals surface area contributed by atoms with Gasteiger partial charge in [-0.1, -0.05) is 46.3 Å². The van der Waals surface area contributed by atoms with E-state index in [2.05, 4.69) is 69.2 Å². The first kappa shape index (κ1) is 15.3. The number of nitrogens with zero attached hydrogens (tertiary/aromatic N) is 1. The summed E-state index contributed by atoms with van der Waals surface area (Å²) < 4.78 is 14.9. The van der Waals surface area contributed by atoms with E-state index in [1.807, 2.05) is 13.8 Å². The van der Waals surface area contributed by atoms with Crippen LogP contribution < -0.4 is 4.57 Å². The molecule has 1 aromatic carbocycles. The summed E-state index contributed by atoms with van der Waals surface area (Å²) in [5.41, 5.74) is 3.94. The van der Waals surface area contributed by atoms with Crippen LogP contribution in [-0.2, 0) is 9.47 Å². The summed E-state index contributed by atoms with van der Waals surface area (Å²) in [6.45, 7) is 5.32. The summed E-state index contributed by atoms with van der Waals surface area (Å²) in [4.78, 5) is 0.0645. The third-order valence-electron chi connectivity index (χ3n) is 4.95. The Hall–Kier alpha value is -1.23. The number of benzene rings is 1. The molecule has 2 aliphatic heterocycles. The summed E-state index contributed by atoms with van der Waals surface area (Å²) in [6.07, 6.45) is 2.17. The van der Waals surface area contributed by atoms with Crippen LogP contribution in [0.3, 0.4) is 0 Å². The van der Waals surface area contributed by atoms with Gasteiger partial charge < -0.3 is 9.47 Å². The molecule has 0 saturated heterocycles. The van der Waals surface area contributed by atoms with E-state index in [4.69, 9.17) is 9.47 Å². The number of aromatic nitrogens is 1. The van der Waals surface area contributed by atoms with Crippen LogP contribution in [0, 0.1) is 0 Å². The maximum Gasteiger partial charge on any atom is 0.204 e. The van der Waals surface area contributed by atoms with Crippen LogP contribution in [-0.4, -0.2) is 23.8 Å². The van der Waals surface area contributed by atoms with Gasteiger partial charge in [0.05, 0.1) is 0 Å². The summed E-state index contributed by atoms with van der Waals surface area (Å²) in [7, 11) is 0. The topological polar surface area (TPSA) is 22.3 Å². The van der Waals surface area contributed by atoms with Gasteiger partial charge in [0.1, 0.15) is 10.7 Å². The zero-order valence-electron chi connectivity index (χ0n) is 13.4. The van der Waals surface area contributed by atoms with Crippen molar-refractivity contribution in [2.24, 2.45) is 0 Å². The SMILES string of the molecule is CCOC1(OCC)C2c3ccccc3C(C1Br)[n+]1ccccc12. The number of halogens is 1. The Balaban J connectivity index is 2.01. The highest BCUT2D eigenvalue weighted by Crippen LogP contribution is 2.55. The molecule has 120 valence electrons. The van der Waals surface area contributed by atoms with Crippen molar-refractivity contribution in [2.45, 2.75) is 36.4 Å². The van der Waals surface area contributed by atoms with Gasteiger partial charge in [-0.15, -0.1) is 0 Å². The lowest BCUT2D eigenvalue weighted by Gasteiger charge is -2.50. The van der Waals surface area contributed by atoms with Gasteiger partial charge in [0, 0.05) is 30.9 Å². The number of alkyl halides is 1. The number of fused-ring (bicyclic) bond motifs is 1. The Labute approximate surface area is 145 Å². The lowest BCUT2D eigenvalue weighted by molar-refractivity contribution is -0.736. The molecule has 2 bridgehead atoms. The summed E-state index contributed by atoms with van der Waals surface area (Å²) in [5, 5.41) is 0. The van der Waals surface area contributed by atoms with Gasteiger partial charge in [0.15, 0.2) is 11.9 Å². The molecule has 0 fully saturated rings. The monoisotopic (exact) mass is 374 g/mol. The van der Waals surface area contributed by atoms with E-state index in [1.165, 1.54) is 16.8 Å². The normalized spacial score (nSPS) is 26.7. The van der Waals surface area contributed by atoms with Gasteiger partial charge in [0.25, 0.3) is 0 Å². The highest BCUT2D eigenvalue weighted by Gasteiger charge is 2.65. The smallest absolute Gasteiger partial charge is 0.204 e. The van der Waals surface area contributed by atoms with E-state index in [1.54, 1.807) is 0 Å². The Bertz CT molecular complexity index is 679. The van der Waals surface area contributed by atoms with Crippen LogP contribution in [0.25, 0.3) is 0 Å². The highest BCUT2D eigenvalue weighted by atomic mass is 79.9. The molecule has 23 heavy (non-hydrogen) atoms. The summed E-state index contributed by atoms with van der Waals surface area (Å²) >= 11 is 3.94. The van der Waals surface area contributed by atoms with Crippen molar-refractivity contribution in [1.29, 1.82) is 0 Å². The second-order valence-corrected chi connectivity index (χ2v) is 7.02. The van der Waals surface area contributed by atoms with E-state index in [9.17, 15) is 0 Å². The first-order chi connectivity index (χ1) is 11.2. The van der Waals surface area contributed by atoms with Crippen molar-refractivity contribution in [1.82, 2.24) is 0 Å². The Kier molecular flexibility index (Phi) is 3.79. The van der Waals surface area contributed by atoms with Gasteiger partial charge in [-0.05, 0) is 19.4 Å². The molecule has 5 rings (SSSR count). The van der Waals surface area contributed by atoms with Gasteiger partial charge in [-0.25, -0.2) is 0 Å². The second-order valence-electron chi connectivity index (χ2n) is 6.03. The molecule has 4 heteroatoms. The van der Waals surface area contributed by atoms with Crippen molar-refractivity contribution < 1.29 is 14.0 Å². The Morgan fingerprint density at radius 3 is 2.35 bits per heavy atom. The van der Waals surface area contributed by atoms with Crippen LogP contribution in [0.15, 0.2) is 48.7 Å². The molecule has 3 nitrogen and oxygen atoms in total. The fourth-order valence-electron chi connectivity index (χ4n) is 4.24. The Morgan fingerprint density at radius 1 is 1.00 bits per heavy atom. The first-order valence-corrected chi connectivity index (χ1v) is 9.17. The van der Waals surface area contributed by atoms with Crippen molar-refractivity contribution in [3.05, 3.63) is 65.5 Å². The molecule has 0 radical (unpaired) electrons. The largest absolute Gasteiger partial charge is 0.348 e. The molecule has 0 spiro atoms. The molecule has 3 heterocycles. The van der Waals surface area contributed by atoms with Gasteiger partial charge >= 0.3 is 0 Å². The fraction of sp³-hybridized carbons (Fsp3) is 0.421. The van der Waals surface area contributed by atoms with Crippen LogP contribution in [0.2, 0.25) is 0 Å². The van der Waals surface area contributed by atoms with Crippen LogP contribution in [0.5, 0.6) is 0 Å². The lowest BCUT2D eigenvalue weighted by Crippen LogP contribution is -2.68. The van der Waals surface area contributed by atoms with E-state index in [-0.39, 0.29) is 16.8 Å². The van der Waals surface area contributed by atoms with Crippen LogP contribution >= 0.6 is 15.9 Å². The standard InChI is InChI=1S/C19H21BrNO2/c1-3-22-19(23-4-2)16-13-9-5-6-10-14(13)17(18(19)20)21-12-8-7-11-15(16)21/h5-12,16-18H,3-4H2,1-2H3/q+1. The molecule has 2 aromatic rings. The molecule has 3 atom stereocenters. The molecule has 0 amide bonds. The highest BCUT2D eigenvalue weighted by molar-refractivity contribution is 9.09. The summed E-state index contributed by atoms with van der Waals surface area (Å²) in [5.74, 6) is -0.599. The van der Waals surface area contributed by atoms with E-state index < -0.39 is 5.79 Å². The minimum Gasteiger partial charge on any atom is -0.348 e. The minimum absolute atomic E-state index is 0.0641. The van der Waals surface area contributed by atoms with Crippen molar-refractivity contribution in [3.63, 3.8) is 0 Å². The van der Waals surface area contributed by atoms with Crippen LogP contribution in [0.4, 0.5) is 0 Å². The number of rotatable bonds is 4. The molecule has 1 aromatic heterocycles. The molecule has 3 aliphatic rings. The zero-order valence-corrected chi connectivity index (χ0v) is 15.0.